The molecule has 28 heavy (non-hydrogen) atoms. The molecule has 150 valence electrons. The number of ether oxygens (including phenoxy) is 2. The van der Waals surface area contributed by atoms with E-state index in [4.69, 9.17) is 21.7 Å². The number of rotatable bonds is 7. The Bertz CT molecular complexity index is 803. The Morgan fingerprint density at radius 1 is 1.21 bits per heavy atom. The summed E-state index contributed by atoms with van der Waals surface area (Å²) in [6.45, 7) is 2.18. The van der Waals surface area contributed by atoms with Gasteiger partial charge in [-0.25, -0.2) is 0 Å². The highest BCUT2D eigenvalue weighted by Gasteiger charge is 2.32. The third-order valence-electron chi connectivity index (χ3n) is 4.81. The first-order chi connectivity index (χ1) is 13.5. The van der Waals surface area contributed by atoms with Crippen molar-refractivity contribution in [2.75, 3.05) is 33.9 Å². The third-order valence-corrected chi connectivity index (χ3v) is 6.19. The fraction of sp³-hybridized carbons (Fsp3) is 0.450. The molecule has 3 rings (SSSR count). The number of hydrogen-bond donors (Lipinski definition) is 0. The van der Waals surface area contributed by atoms with Crippen LogP contribution in [0, 0.1) is 0 Å². The SMILES string of the molecule is COc1ccc(C=C2SC(=S)N(CCCC(=O)N3CCCC3)C2=O)cc1OC. The van der Waals surface area contributed by atoms with Gasteiger partial charge in [0.25, 0.3) is 5.91 Å². The van der Waals surface area contributed by atoms with E-state index in [-0.39, 0.29) is 11.8 Å². The van der Waals surface area contributed by atoms with Gasteiger partial charge in [0.05, 0.1) is 19.1 Å². The highest BCUT2D eigenvalue weighted by molar-refractivity contribution is 8.26. The summed E-state index contributed by atoms with van der Waals surface area (Å²) in [5.41, 5.74) is 0.836. The summed E-state index contributed by atoms with van der Waals surface area (Å²) in [4.78, 5) is 28.9. The standard InChI is InChI=1S/C20H24N2O4S2/c1-25-15-8-7-14(12-16(15)26-2)13-17-19(24)22(20(27)28-17)11-5-6-18(23)21-9-3-4-10-21/h7-8,12-13H,3-6,9-11H2,1-2H3. The van der Waals surface area contributed by atoms with E-state index >= 15 is 0 Å². The van der Waals surface area contributed by atoms with E-state index in [1.54, 1.807) is 31.3 Å². The largest absolute Gasteiger partial charge is 0.493 e. The molecule has 2 fully saturated rings. The predicted molar refractivity (Wildman–Crippen MR) is 114 cm³/mol. The maximum Gasteiger partial charge on any atom is 0.266 e. The summed E-state index contributed by atoms with van der Waals surface area (Å²) in [7, 11) is 3.15. The van der Waals surface area contributed by atoms with Crippen molar-refractivity contribution in [3.05, 3.63) is 28.7 Å². The van der Waals surface area contributed by atoms with Gasteiger partial charge in [-0.2, -0.15) is 0 Å². The van der Waals surface area contributed by atoms with Crippen LogP contribution in [-0.2, 0) is 9.59 Å². The second-order valence-electron chi connectivity index (χ2n) is 6.64. The van der Waals surface area contributed by atoms with Crippen molar-refractivity contribution in [3.63, 3.8) is 0 Å². The van der Waals surface area contributed by atoms with Gasteiger partial charge in [0, 0.05) is 26.1 Å². The molecule has 0 radical (unpaired) electrons. The third kappa shape index (κ3) is 4.67. The molecule has 0 unspecified atom stereocenters. The maximum atomic E-state index is 12.7. The van der Waals surface area contributed by atoms with Crippen molar-refractivity contribution in [1.82, 2.24) is 9.80 Å². The van der Waals surface area contributed by atoms with Crippen molar-refractivity contribution in [2.24, 2.45) is 0 Å². The van der Waals surface area contributed by atoms with Gasteiger partial charge in [-0.15, -0.1) is 0 Å². The molecule has 2 aliphatic heterocycles. The fourth-order valence-electron chi connectivity index (χ4n) is 3.30. The molecule has 8 heteroatoms. The molecule has 0 atom stereocenters. The van der Waals surface area contributed by atoms with E-state index in [1.807, 2.05) is 17.0 Å². The average molecular weight is 421 g/mol. The monoisotopic (exact) mass is 420 g/mol. The second-order valence-corrected chi connectivity index (χ2v) is 8.31. The van der Waals surface area contributed by atoms with Crippen molar-refractivity contribution in [3.8, 4) is 11.5 Å². The number of amides is 2. The van der Waals surface area contributed by atoms with Crippen LogP contribution >= 0.6 is 24.0 Å². The van der Waals surface area contributed by atoms with Gasteiger partial charge in [-0.3, -0.25) is 14.5 Å². The molecule has 0 bridgehead atoms. The quantitative estimate of drug-likeness (QED) is 0.498. The van der Waals surface area contributed by atoms with E-state index in [1.165, 1.54) is 11.8 Å². The molecule has 2 heterocycles. The van der Waals surface area contributed by atoms with Crippen LogP contribution in [0.3, 0.4) is 0 Å². The van der Waals surface area contributed by atoms with Gasteiger partial charge in [-0.1, -0.05) is 30.0 Å². The number of thiocarbonyl (C=S) groups is 1. The van der Waals surface area contributed by atoms with Gasteiger partial charge >= 0.3 is 0 Å². The number of carbonyl (C=O) groups is 2. The first kappa shape index (κ1) is 20.7. The summed E-state index contributed by atoms with van der Waals surface area (Å²) < 4.78 is 11.1. The summed E-state index contributed by atoms with van der Waals surface area (Å²) in [5, 5.41) is 0. The Balaban J connectivity index is 1.61. The summed E-state index contributed by atoms with van der Waals surface area (Å²) in [6.07, 6.45) is 5.04. The lowest BCUT2D eigenvalue weighted by Crippen LogP contribution is -2.31. The molecule has 0 aromatic heterocycles. The van der Waals surface area contributed by atoms with Crippen LogP contribution in [0.5, 0.6) is 11.5 Å². The summed E-state index contributed by atoms with van der Waals surface area (Å²) in [6, 6.07) is 5.48. The molecule has 0 saturated carbocycles. The van der Waals surface area contributed by atoms with E-state index in [2.05, 4.69) is 0 Å². The van der Waals surface area contributed by atoms with E-state index in [0.29, 0.717) is 40.1 Å². The van der Waals surface area contributed by atoms with Crippen LogP contribution < -0.4 is 9.47 Å². The lowest BCUT2D eigenvalue weighted by molar-refractivity contribution is -0.130. The van der Waals surface area contributed by atoms with Crippen LogP contribution in [0.25, 0.3) is 6.08 Å². The van der Waals surface area contributed by atoms with Gasteiger partial charge in [-0.05, 0) is 43.0 Å². The Hall–Kier alpha value is -2.06. The van der Waals surface area contributed by atoms with Crippen molar-refractivity contribution in [1.29, 1.82) is 0 Å². The lowest BCUT2D eigenvalue weighted by atomic mass is 10.2. The highest BCUT2D eigenvalue weighted by atomic mass is 32.2. The topological polar surface area (TPSA) is 59.1 Å². The molecule has 2 saturated heterocycles. The van der Waals surface area contributed by atoms with Crippen LogP contribution in [-0.4, -0.2) is 59.8 Å². The molecule has 0 spiro atoms. The zero-order chi connectivity index (χ0) is 20.1. The number of thioether (sulfide) groups is 1. The lowest BCUT2D eigenvalue weighted by Gasteiger charge is -2.17. The molecule has 1 aromatic carbocycles. The average Bonchev–Trinajstić information content (AvgIpc) is 3.32. The minimum absolute atomic E-state index is 0.113. The molecular weight excluding hydrogens is 396 g/mol. The number of benzene rings is 1. The first-order valence-electron chi connectivity index (χ1n) is 9.28. The zero-order valence-corrected chi connectivity index (χ0v) is 17.7. The molecular formula is C20H24N2O4S2. The molecule has 2 aliphatic rings. The number of methoxy groups -OCH3 is 2. The number of likely N-dealkylation sites (tertiary alicyclic amines) is 1. The molecule has 0 aliphatic carbocycles. The smallest absolute Gasteiger partial charge is 0.266 e. The second kappa shape index (κ2) is 9.43. The van der Waals surface area contributed by atoms with Crippen molar-refractivity contribution >= 4 is 46.2 Å². The van der Waals surface area contributed by atoms with Crippen LogP contribution in [0.4, 0.5) is 0 Å². The van der Waals surface area contributed by atoms with Gasteiger partial charge in [0.2, 0.25) is 5.91 Å². The molecule has 0 N–H and O–H groups in total. The fourth-order valence-corrected chi connectivity index (χ4v) is 4.61. The Labute approximate surface area is 174 Å². The predicted octanol–water partition coefficient (Wildman–Crippen LogP) is 3.31. The maximum absolute atomic E-state index is 12.7. The Morgan fingerprint density at radius 2 is 1.93 bits per heavy atom. The van der Waals surface area contributed by atoms with E-state index < -0.39 is 0 Å². The minimum atomic E-state index is -0.113. The van der Waals surface area contributed by atoms with Gasteiger partial charge < -0.3 is 14.4 Å². The van der Waals surface area contributed by atoms with Crippen molar-refractivity contribution in [2.45, 2.75) is 25.7 Å². The van der Waals surface area contributed by atoms with Crippen LogP contribution in [0.1, 0.15) is 31.2 Å². The summed E-state index contributed by atoms with van der Waals surface area (Å²) >= 11 is 6.66. The van der Waals surface area contributed by atoms with Gasteiger partial charge in [0.15, 0.2) is 11.5 Å². The number of carbonyl (C=O) groups excluding carboxylic acids is 2. The minimum Gasteiger partial charge on any atom is -0.493 e. The summed E-state index contributed by atoms with van der Waals surface area (Å²) in [5.74, 6) is 1.30. The first-order valence-corrected chi connectivity index (χ1v) is 10.5. The van der Waals surface area contributed by atoms with Gasteiger partial charge in [0.1, 0.15) is 4.32 Å². The highest BCUT2D eigenvalue weighted by Crippen LogP contribution is 2.34. The molecule has 2 amide bonds. The zero-order valence-electron chi connectivity index (χ0n) is 16.1. The Morgan fingerprint density at radius 3 is 2.61 bits per heavy atom. The normalized spacial score (nSPS) is 18.3. The van der Waals surface area contributed by atoms with Crippen LogP contribution in [0.15, 0.2) is 23.1 Å². The number of nitrogens with zero attached hydrogens (tertiary/aromatic N) is 2. The number of hydrogen-bond acceptors (Lipinski definition) is 6. The van der Waals surface area contributed by atoms with Crippen molar-refractivity contribution < 1.29 is 19.1 Å². The van der Waals surface area contributed by atoms with E-state index in [9.17, 15) is 9.59 Å². The molecule has 6 nitrogen and oxygen atoms in total. The van der Waals surface area contributed by atoms with Crippen LogP contribution in [0.2, 0.25) is 0 Å². The van der Waals surface area contributed by atoms with E-state index in [0.717, 1.165) is 31.5 Å². The molecule has 1 aromatic rings. The Kier molecular flexibility index (Phi) is 6.96.